The van der Waals surface area contributed by atoms with Crippen LogP contribution < -0.4 is 4.90 Å². The zero-order chi connectivity index (χ0) is 15.6. The molecule has 114 valence electrons. The topological polar surface area (TPSA) is 83.7 Å². The lowest BCUT2D eigenvalue weighted by Gasteiger charge is -2.39. The molecule has 2 rings (SSSR count). The van der Waals surface area contributed by atoms with Crippen molar-refractivity contribution in [3.05, 3.63) is 32.8 Å². The van der Waals surface area contributed by atoms with Gasteiger partial charge in [0, 0.05) is 29.7 Å². The molecule has 0 bridgehead atoms. The molecule has 1 N–H and O–H groups in total. The molecule has 1 aromatic carbocycles. The van der Waals surface area contributed by atoms with Crippen molar-refractivity contribution in [3.8, 4) is 0 Å². The number of carboxylic acid groups (broad SMARTS) is 1. The van der Waals surface area contributed by atoms with E-state index in [1.165, 1.54) is 12.1 Å². The molecule has 0 aromatic heterocycles. The molecule has 21 heavy (non-hydrogen) atoms. The molecule has 1 aromatic rings. The molecule has 0 atom stereocenters. The van der Waals surface area contributed by atoms with E-state index in [0.717, 1.165) is 5.69 Å². The Labute approximate surface area is 131 Å². The van der Waals surface area contributed by atoms with E-state index in [0.29, 0.717) is 36.8 Å². The number of piperidine rings is 1. The smallest absolute Gasteiger partial charge is 0.309 e. The monoisotopic (exact) mass is 356 g/mol. The number of hydrogen-bond acceptors (Lipinski definition) is 4. The number of benzene rings is 1. The van der Waals surface area contributed by atoms with Gasteiger partial charge in [-0.05, 0) is 41.3 Å². The molecule has 0 radical (unpaired) electrons. The van der Waals surface area contributed by atoms with E-state index in [1.54, 1.807) is 6.07 Å². The number of carbonyl (C=O) groups is 1. The van der Waals surface area contributed by atoms with Crippen LogP contribution in [-0.2, 0) is 4.79 Å². The zero-order valence-electron chi connectivity index (χ0n) is 11.7. The maximum atomic E-state index is 11.4. The number of rotatable bonds is 4. The fourth-order valence-corrected chi connectivity index (χ4v) is 3.38. The second-order valence-corrected chi connectivity index (χ2v) is 6.17. The van der Waals surface area contributed by atoms with Gasteiger partial charge in [-0.15, -0.1) is 0 Å². The first-order valence-electron chi connectivity index (χ1n) is 6.82. The first kappa shape index (κ1) is 15.8. The van der Waals surface area contributed by atoms with Gasteiger partial charge >= 0.3 is 5.97 Å². The minimum absolute atomic E-state index is 0.0380. The molecule has 0 amide bonds. The van der Waals surface area contributed by atoms with Gasteiger partial charge in [0.05, 0.1) is 16.0 Å². The molecule has 1 saturated heterocycles. The molecule has 0 unspecified atom stereocenters. The Balaban J connectivity index is 2.16. The van der Waals surface area contributed by atoms with Crippen molar-refractivity contribution in [2.75, 3.05) is 18.0 Å². The largest absolute Gasteiger partial charge is 0.481 e. The molecular formula is C14H17BrN2O4. The summed E-state index contributed by atoms with van der Waals surface area (Å²) in [4.78, 5) is 23.8. The third-order valence-corrected chi connectivity index (χ3v) is 4.97. The molecule has 6 nitrogen and oxygen atoms in total. The fourth-order valence-electron chi connectivity index (χ4n) is 2.76. The van der Waals surface area contributed by atoms with Crippen molar-refractivity contribution in [1.29, 1.82) is 0 Å². The van der Waals surface area contributed by atoms with Gasteiger partial charge in [-0.1, -0.05) is 6.92 Å². The van der Waals surface area contributed by atoms with Crippen LogP contribution in [0.25, 0.3) is 0 Å². The fraction of sp³-hybridized carbons (Fsp3) is 0.500. The molecule has 7 heteroatoms. The highest BCUT2D eigenvalue weighted by Gasteiger charge is 2.40. The lowest BCUT2D eigenvalue weighted by atomic mass is 9.76. The van der Waals surface area contributed by atoms with Crippen LogP contribution in [0.1, 0.15) is 26.2 Å². The van der Waals surface area contributed by atoms with Gasteiger partial charge in [-0.2, -0.15) is 0 Å². The van der Waals surface area contributed by atoms with Crippen molar-refractivity contribution in [1.82, 2.24) is 0 Å². The second kappa shape index (κ2) is 6.01. The Kier molecular flexibility index (Phi) is 4.51. The van der Waals surface area contributed by atoms with E-state index in [9.17, 15) is 20.0 Å². The van der Waals surface area contributed by atoms with Crippen LogP contribution in [0.3, 0.4) is 0 Å². The van der Waals surface area contributed by atoms with Crippen LogP contribution in [-0.4, -0.2) is 29.1 Å². The van der Waals surface area contributed by atoms with Crippen molar-refractivity contribution in [3.63, 3.8) is 0 Å². The molecule has 0 saturated carbocycles. The highest BCUT2D eigenvalue weighted by molar-refractivity contribution is 9.10. The predicted octanol–water partition coefficient (Wildman–Crippen LogP) is 3.44. The number of anilines is 1. The number of halogens is 1. The Hall–Kier alpha value is -1.63. The molecule has 0 spiro atoms. The number of nitrogens with zero attached hydrogens (tertiary/aromatic N) is 2. The SMILES string of the molecule is CCC1(C(=O)O)CCN(c2ccc([N+](=O)[O-])cc2Br)CC1. The Bertz CT molecular complexity index is 568. The normalized spacial score (nSPS) is 17.5. The zero-order valence-corrected chi connectivity index (χ0v) is 13.3. The molecule has 0 aliphatic carbocycles. The summed E-state index contributed by atoms with van der Waals surface area (Å²) in [5.41, 5.74) is 0.274. The number of carboxylic acids is 1. The number of nitro benzene ring substituents is 1. The van der Waals surface area contributed by atoms with Gasteiger partial charge in [0.25, 0.3) is 5.69 Å². The van der Waals surface area contributed by atoms with Gasteiger partial charge in [-0.3, -0.25) is 14.9 Å². The van der Waals surface area contributed by atoms with Gasteiger partial charge in [0.1, 0.15) is 0 Å². The summed E-state index contributed by atoms with van der Waals surface area (Å²) in [6.07, 6.45) is 1.79. The average Bonchev–Trinajstić information content (AvgIpc) is 2.47. The van der Waals surface area contributed by atoms with E-state index < -0.39 is 16.3 Å². The third-order valence-electron chi connectivity index (χ3n) is 4.33. The van der Waals surface area contributed by atoms with Crippen molar-refractivity contribution >= 4 is 33.3 Å². The molecular weight excluding hydrogens is 340 g/mol. The maximum absolute atomic E-state index is 11.4. The van der Waals surface area contributed by atoms with Gasteiger partial charge < -0.3 is 10.0 Å². The molecule has 1 heterocycles. The first-order valence-corrected chi connectivity index (χ1v) is 7.61. The number of non-ortho nitro benzene ring substituents is 1. The standard InChI is InChI=1S/C14H17BrN2O4/c1-2-14(13(18)19)5-7-16(8-6-14)12-4-3-10(17(20)21)9-11(12)15/h3-4,9H,2,5-8H2,1H3,(H,18,19). The quantitative estimate of drug-likeness (QED) is 0.659. The van der Waals surface area contributed by atoms with Crippen molar-refractivity contribution in [2.24, 2.45) is 5.41 Å². The van der Waals surface area contributed by atoms with E-state index in [-0.39, 0.29) is 5.69 Å². The van der Waals surface area contributed by atoms with E-state index in [2.05, 4.69) is 20.8 Å². The summed E-state index contributed by atoms with van der Waals surface area (Å²) < 4.78 is 0.663. The number of aliphatic carboxylic acids is 1. The summed E-state index contributed by atoms with van der Waals surface area (Å²) in [6, 6.07) is 4.66. The third kappa shape index (κ3) is 3.02. The van der Waals surface area contributed by atoms with Gasteiger partial charge in [0.15, 0.2) is 0 Å². The minimum atomic E-state index is -0.729. The number of nitro groups is 1. The van der Waals surface area contributed by atoms with E-state index >= 15 is 0 Å². The second-order valence-electron chi connectivity index (χ2n) is 5.32. The Morgan fingerprint density at radius 2 is 2.10 bits per heavy atom. The van der Waals surface area contributed by atoms with Crippen LogP contribution in [0.5, 0.6) is 0 Å². The lowest BCUT2D eigenvalue weighted by molar-refractivity contribution is -0.384. The highest BCUT2D eigenvalue weighted by atomic mass is 79.9. The van der Waals surface area contributed by atoms with Crippen molar-refractivity contribution in [2.45, 2.75) is 26.2 Å². The molecule has 1 aliphatic heterocycles. The first-order chi connectivity index (χ1) is 9.89. The van der Waals surface area contributed by atoms with E-state index in [1.807, 2.05) is 6.92 Å². The van der Waals surface area contributed by atoms with Crippen LogP contribution in [0.2, 0.25) is 0 Å². The van der Waals surface area contributed by atoms with Crippen molar-refractivity contribution < 1.29 is 14.8 Å². The summed E-state index contributed by atoms with van der Waals surface area (Å²) in [5.74, 6) is -0.729. The number of hydrogen-bond donors (Lipinski definition) is 1. The van der Waals surface area contributed by atoms with Gasteiger partial charge in [-0.25, -0.2) is 0 Å². The summed E-state index contributed by atoms with van der Waals surface area (Å²) in [6.45, 7) is 3.18. The molecule has 1 fully saturated rings. The van der Waals surface area contributed by atoms with Crippen LogP contribution >= 0.6 is 15.9 Å². The summed E-state index contributed by atoms with van der Waals surface area (Å²) in [7, 11) is 0. The Morgan fingerprint density at radius 3 is 2.52 bits per heavy atom. The minimum Gasteiger partial charge on any atom is -0.481 e. The maximum Gasteiger partial charge on any atom is 0.309 e. The molecule has 1 aliphatic rings. The predicted molar refractivity (Wildman–Crippen MR) is 82.6 cm³/mol. The van der Waals surface area contributed by atoms with Crippen LogP contribution in [0.15, 0.2) is 22.7 Å². The Morgan fingerprint density at radius 1 is 1.48 bits per heavy atom. The average molecular weight is 357 g/mol. The van der Waals surface area contributed by atoms with E-state index in [4.69, 9.17) is 0 Å². The van der Waals surface area contributed by atoms with Gasteiger partial charge in [0.2, 0.25) is 0 Å². The van der Waals surface area contributed by atoms with Crippen LogP contribution in [0, 0.1) is 15.5 Å². The van der Waals surface area contributed by atoms with Crippen LogP contribution in [0.4, 0.5) is 11.4 Å². The highest BCUT2D eigenvalue weighted by Crippen LogP contribution is 2.39. The summed E-state index contributed by atoms with van der Waals surface area (Å²) in [5, 5.41) is 20.1. The summed E-state index contributed by atoms with van der Waals surface area (Å²) >= 11 is 3.36. The lowest BCUT2D eigenvalue weighted by Crippen LogP contribution is -2.44.